The third kappa shape index (κ3) is 2.61. The molecule has 81 valence electrons. The minimum Gasteiger partial charge on any atom is -0.457 e. The molecule has 16 heavy (non-hydrogen) atoms. The van der Waals surface area contributed by atoms with E-state index in [0.29, 0.717) is 0 Å². The van der Waals surface area contributed by atoms with Crippen LogP contribution in [0, 0.1) is 6.92 Å². The number of hydrogen-bond donors (Lipinski definition) is 1. The van der Waals surface area contributed by atoms with Crippen LogP contribution >= 0.6 is 0 Å². The van der Waals surface area contributed by atoms with E-state index in [1.807, 2.05) is 42.5 Å². The van der Waals surface area contributed by atoms with Crippen LogP contribution in [0.4, 0.5) is 0 Å². The summed E-state index contributed by atoms with van der Waals surface area (Å²) in [5.74, 6) is 1.54. The van der Waals surface area contributed by atoms with Crippen LogP contribution in [0.15, 0.2) is 54.6 Å². The van der Waals surface area contributed by atoms with Crippen LogP contribution in [0.1, 0.15) is 11.7 Å². The molecule has 0 aliphatic heterocycles. The lowest BCUT2D eigenvalue weighted by Gasteiger charge is -2.07. The van der Waals surface area contributed by atoms with Crippen molar-refractivity contribution in [2.75, 3.05) is 0 Å². The highest BCUT2D eigenvalue weighted by molar-refractivity contribution is 5.33. The van der Waals surface area contributed by atoms with Gasteiger partial charge >= 0.3 is 0 Å². The lowest BCUT2D eigenvalue weighted by molar-refractivity contribution is 0.226. The van der Waals surface area contributed by atoms with Crippen LogP contribution < -0.4 is 4.74 Å². The third-order valence-electron chi connectivity index (χ3n) is 2.24. The number of benzene rings is 2. The molecule has 1 unspecified atom stereocenters. The number of aliphatic hydroxyl groups excluding tert-OH is 1. The average Bonchev–Trinajstić information content (AvgIpc) is 2.31. The normalized spacial score (nSPS) is 12.1. The van der Waals surface area contributed by atoms with Gasteiger partial charge in [0.05, 0.1) is 6.10 Å². The molecule has 2 heteroatoms. The molecular formula is C14H13O2. The summed E-state index contributed by atoms with van der Waals surface area (Å²) < 4.78 is 5.61. The quantitative estimate of drug-likeness (QED) is 0.847. The van der Waals surface area contributed by atoms with Crippen LogP contribution in [0.5, 0.6) is 11.5 Å². The monoisotopic (exact) mass is 213 g/mol. The molecule has 0 saturated carbocycles. The minimum atomic E-state index is -0.689. The molecule has 2 aromatic rings. The Balaban J connectivity index is 2.11. The van der Waals surface area contributed by atoms with Gasteiger partial charge in [-0.25, -0.2) is 0 Å². The molecule has 2 aromatic carbocycles. The molecule has 2 nitrogen and oxygen atoms in total. The molecular weight excluding hydrogens is 200 g/mol. The molecule has 1 radical (unpaired) electrons. The standard InChI is InChI=1S/C14H13O2/c1-11(15)12-7-9-14(10-8-12)16-13-5-3-2-4-6-13/h2-11,15H,1H2. The zero-order valence-corrected chi connectivity index (χ0v) is 8.84. The Morgan fingerprint density at radius 2 is 1.44 bits per heavy atom. The van der Waals surface area contributed by atoms with Crippen LogP contribution in [0.3, 0.4) is 0 Å². The predicted octanol–water partition coefficient (Wildman–Crippen LogP) is 3.35. The van der Waals surface area contributed by atoms with E-state index in [9.17, 15) is 5.11 Å². The first-order valence-corrected chi connectivity index (χ1v) is 5.10. The summed E-state index contributed by atoms with van der Waals surface area (Å²) in [4.78, 5) is 0. The zero-order valence-electron chi connectivity index (χ0n) is 8.84. The lowest BCUT2D eigenvalue weighted by atomic mass is 10.1. The molecule has 0 saturated heterocycles. The molecule has 0 heterocycles. The van der Waals surface area contributed by atoms with E-state index in [2.05, 4.69) is 6.92 Å². The summed E-state index contributed by atoms with van der Waals surface area (Å²) in [6.07, 6.45) is -0.689. The molecule has 0 bridgehead atoms. The van der Waals surface area contributed by atoms with E-state index >= 15 is 0 Å². The second-order valence-electron chi connectivity index (χ2n) is 3.50. The molecule has 0 amide bonds. The van der Waals surface area contributed by atoms with Gasteiger partial charge in [-0.1, -0.05) is 30.3 Å². The molecule has 1 atom stereocenters. The summed E-state index contributed by atoms with van der Waals surface area (Å²) >= 11 is 0. The van der Waals surface area contributed by atoms with E-state index in [1.165, 1.54) is 0 Å². The minimum absolute atomic E-state index is 0.689. The maximum Gasteiger partial charge on any atom is 0.127 e. The van der Waals surface area contributed by atoms with Crippen molar-refractivity contribution >= 4 is 0 Å². The number of ether oxygens (including phenoxy) is 1. The maximum absolute atomic E-state index is 9.25. The first-order chi connectivity index (χ1) is 7.75. The lowest BCUT2D eigenvalue weighted by Crippen LogP contribution is -1.91. The Labute approximate surface area is 95.1 Å². The van der Waals surface area contributed by atoms with Crippen molar-refractivity contribution in [2.24, 2.45) is 0 Å². The largest absolute Gasteiger partial charge is 0.457 e. The number of rotatable bonds is 3. The fraction of sp³-hybridized carbons (Fsp3) is 0.0714. The van der Waals surface area contributed by atoms with Gasteiger partial charge in [-0.05, 0) is 36.8 Å². The molecule has 0 fully saturated rings. The van der Waals surface area contributed by atoms with Gasteiger partial charge < -0.3 is 9.84 Å². The SMILES string of the molecule is [CH2]C(O)c1ccc(Oc2ccccc2)cc1. The third-order valence-corrected chi connectivity index (χ3v) is 2.24. The molecule has 0 spiro atoms. The number of hydrogen-bond acceptors (Lipinski definition) is 2. The van der Waals surface area contributed by atoms with Gasteiger partial charge in [0.15, 0.2) is 0 Å². The Morgan fingerprint density at radius 3 is 2.00 bits per heavy atom. The number of aliphatic hydroxyl groups is 1. The Kier molecular flexibility index (Phi) is 3.22. The topological polar surface area (TPSA) is 29.5 Å². The molecule has 2 rings (SSSR count). The van der Waals surface area contributed by atoms with E-state index in [1.54, 1.807) is 12.1 Å². The highest BCUT2D eigenvalue weighted by Gasteiger charge is 2.01. The van der Waals surface area contributed by atoms with Gasteiger partial charge in [-0.3, -0.25) is 0 Å². The summed E-state index contributed by atoms with van der Waals surface area (Å²) in [6, 6.07) is 16.8. The summed E-state index contributed by atoms with van der Waals surface area (Å²) in [5, 5.41) is 9.25. The van der Waals surface area contributed by atoms with Crippen molar-refractivity contribution < 1.29 is 9.84 Å². The van der Waals surface area contributed by atoms with Crippen LogP contribution in [-0.2, 0) is 0 Å². The van der Waals surface area contributed by atoms with Crippen molar-refractivity contribution in [3.05, 3.63) is 67.1 Å². The fourth-order valence-electron chi connectivity index (χ4n) is 1.38. The maximum atomic E-state index is 9.25. The number of para-hydroxylation sites is 1. The molecule has 1 N–H and O–H groups in total. The summed E-state index contributed by atoms with van der Waals surface area (Å²) in [7, 11) is 0. The molecule has 0 aliphatic rings. The fourth-order valence-corrected chi connectivity index (χ4v) is 1.38. The van der Waals surface area contributed by atoms with Crippen LogP contribution in [0.2, 0.25) is 0 Å². The van der Waals surface area contributed by atoms with Gasteiger partial charge in [-0.15, -0.1) is 0 Å². The molecule has 0 aromatic heterocycles. The highest BCUT2D eigenvalue weighted by Crippen LogP contribution is 2.22. The average molecular weight is 213 g/mol. The van der Waals surface area contributed by atoms with Crippen molar-refractivity contribution in [1.29, 1.82) is 0 Å². The zero-order chi connectivity index (χ0) is 11.4. The first-order valence-electron chi connectivity index (χ1n) is 5.10. The summed E-state index contributed by atoms with van der Waals surface area (Å²) in [5.41, 5.74) is 0.778. The van der Waals surface area contributed by atoms with Crippen molar-refractivity contribution in [2.45, 2.75) is 6.10 Å². The van der Waals surface area contributed by atoms with Crippen LogP contribution in [0.25, 0.3) is 0 Å². The van der Waals surface area contributed by atoms with E-state index in [-0.39, 0.29) is 0 Å². The Morgan fingerprint density at radius 1 is 0.875 bits per heavy atom. The second kappa shape index (κ2) is 4.81. The van der Waals surface area contributed by atoms with Gasteiger partial charge in [-0.2, -0.15) is 0 Å². The van der Waals surface area contributed by atoms with E-state index < -0.39 is 6.10 Å². The predicted molar refractivity (Wildman–Crippen MR) is 63.3 cm³/mol. The second-order valence-corrected chi connectivity index (χ2v) is 3.50. The van der Waals surface area contributed by atoms with Gasteiger partial charge in [0, 0.05) is 0 Å². The van der Waals surface area contributed by atoms with Gasteiger partial charge in [0.2, 0.25) is 0 Å². The van der Waals surface area contributed by atoms with Crippen molar-refractivity contribution in [1.82, 2.24) is 0 Å². The van der Waals surface area contributed by atoms with E-state index in [0.717, 1.165) is 17.1 Å². The van der Waals surface area contributed by atoms with E-state index in [4.69, 9.17) is 4.74 Å². The first kappa shape index (κ1) is 10.7. The van der Waals surface area contributed by atoms with Crippen LogP contribution in [-0.4, -0.2) is 5.11 Å². The van der Waals surface area contributed by atoms with Gasteiger partial charge in [0.25, 0.3) is 0 Å². The van der Waals surface area contributed by atoms with Gasteiger partial charge in [0.1, 0.15) is 11.5 Å². The smallest absolute Gasteiger partial charge is 0.127 e. The van der Waals surface area contributed by atoms with Crippen molar-refractivity contribution in [3.63, 3.8) is 0 Å². The Hall–Kier alpha value is -1.80. The van der Waals surface area contributed by atoms with Crippen molar-refractivity contribution in [3.8, 4) is 11.5 Å². The highest BCUT2D eigenvalue weighted by atomic mass is 16.5. The molecule has 0 aliphatic carbocycles. The summed E-state index contributed by atoms with van der Waals surface area (Å²) in [6.45, 7) is 3.54. The Bertz CT molecular complexity index is 432.